The average molecular weight is 281 g/mol. The maximum absolute atomic E-state index is 10.4. The van der Waals surface area contributed by atoms with Crippen LogP contribution in [0, 0.1) is 5.92 Å². The van der Waals surface area contributed by atoms with Crippen LogP contribution in [0.2, 0.25) is 0 Å². The van der Waals surface area contributed by atoms with Crippen LogP contribution in [0.5, 0.6) is 11.5 Å². The van der Waals surface area contributed by atoms with E-state index in [1.807, 2.05) is 12.1 Å². The molecule has 1 atom stereocenters. The first-order valence-electron chi connectivity index (χ1n) is 7.14. The molecule has 1 aromatic carbocycles. The van der Waals surface area contributed by atoms with E-state index in [0.717, 1.165) is 24.4 Å². The van der Waals surface area contributed by atoms with E-state index in [-0.39, 0.29) is 0 Å². The van der Waals surface area contributed by atoms with E-state index in [2.05, 4.69) is 25.7 Å². The molecular weight excluding hydrogens is 254 g/mol. The molecule has 0 spiro atoms. The zero-order valence-corrected chi connectivity index (χ0v) is 13.2. The standard InChI is InChI=1S/C16H27NO3/c1-6-17(10-12(2)3)11-15(18)14-8-7-13(19-4)9-16(14)20-5/h7-9,12,15,18H,6,10-11H2,1-5H3. The molecule has 0 amide bonds. The van der Waals surface area contributed by atoms with Crippen LogP contribution >= 0.6 is 0 Å². The lowest BCUT2D eigenvalue weighted by molar-refractivity contribution is 0.107. The number of benzene rings is 1. The number of likely N-dealkylation sites (N-methyl/N-ethyl adjacent to an activating group) is 1. The minimum absolute atomic E-state index is 0.561. The minimum atomic E-state index is -0.561. The van der Waals surface area contributed by atoms with Gasteiger partial charge in [0.25, 0.3) is 0 Å². The van der Waals surface area contributed by atoms with E-state index in [1.165, 1.54) is 0 Å². The Morgan fingerprint density at radius 1 is 1.15 bits per heavy atom. The summed E-state index contributed by atoms with van der Waals surface area (Å²) in [6, 6.07) is 5.52. The molecular formula is C16H27NO3. The highest BCUT2D eigenvalue weighted by atomic mass is 16.5. The van der Waals surface area contributed by atoms with Gasteiger partial charge in [-0.25, -0.2) is 0 Å². The summed E-state index contributed by atoms with van der Waals surface area (Å²) in [5, 5.41) is 10.4. The van der Waals surface area contributed by atoms with Gasteiger partial charge in [-0.05, 0) is 24.6 Å². The third-order valence-electron chi connectivity index (χ3n) is 3.30. The third-order valence-corrected chi connectivity index (χ3v) is 3.30. The second-order valence-electron chi connectivity index (χ2n) is 5.37. The first-order chi connectivity index (χ1) is 9.51. The van der Waals surface area contributed by atoms with Crippen molar-refractivity contribution in [1.82, 2.24) is 4.90 Å². The summed E-state index contributed by atoms with van der Waals surface area (Å²) >= 11 is 0. The van der Waals surface area contributed by atoms with Gasteiger partial charge in [0.15, 0.2) is 0 Å². The van der Waals surface area contributed by atoms with Crippen molar-refractivity contribution in [2.45, 2.75) is 26.9 Å². The van der Waals surface area contributed by atoms with Crippen LogP contribution in [0.15, 0.2) is 18.2 Å². The quantitative estimate of drug-likeness (QED) is 0.795. The molecule has 4 heteroatoms. The average Bonchev–Trinajstić information content (AvgIpc) is 2.45. The molecule has 4 nitrogen and oxygen atoms in total. The molecule has 0 aliphatic heterocycles. The number of methoxy groups -OCH3 is 2. The zero-order chi connectivity index (χ0) is 15.1. The number of aliphatic hydroxyl groups is 1. The van der Waals surface area contributed by atoms with E-state index in [9.17, 15) is 5.11 Å². The van der Waals surface area contributed by atoms with Crippen molar-refractivity contribution in [2.24, 2.45) is 5.92 Å². The molecule has 0 saturated heterocycles. The highest BCUT2D eigenvalue weighted by Crippen LogP contribution is 2.29. The molecule has 0 aliphatic carbocycles. The normalized spacial score (nSPS) is 12.8. The van der Waals surface area contributed by atoms with Crippen molar-refractivity contribution in [2.75, 3.05) is 33.9 Å². The predicted octanol–water partition coefficient (Wildman–Crippen LogP) is 2.72. The van der Waals surface area contributed by atoms with Crippen LogP contribution in [-0.2, 0) is 0 Å². The van der Waals surface area contributed by atoms with Crippen molar-refractivity contribution in [1.29, 1.82) is 0 Å². The van der Waals surface area contributed by atoms with E-state index >= 15 is 0 Å². The van der Waals surface area contributed by atoms with Crippen LogP contribution in [0.1, 0.15) is 32.4 Å². The summed E-state index contributed by atoms with van der Waals surface area (Å²) in [7, 11) is 3.23. The van der Waals surface area contributed by atoms with E-state index < -0.39 is 6.10 Å². The van der Waals surface area contributed by atoms with Gasteiger partial charge in [0, 0.05) is 24.7 Å². The number of hydrogen-bond acceptors (Lipinski definition) is 4. The fourth-order valence-electron chi connectivity index (χ4n) is 2.29. The molecule has 1 aromatic rings. The highest BCUT2D eigenvalue weighted by Gasteiger charge is 2.17. The summed E-state index contributed by atoms with van der Waals surface area (Å²) in [4.78, 5) is 2.25. The summed E-state index contributed by atoms with van der Waals surface area (Å²) in [5.74, 6) is 1.98. The summed E-state index contributed by atoms with van der Waals surface area (Å²) < 4.78 is 10.5. The number of ether oxygens (including phenoxy) is 2. The van der Waals surface area contributed by atoms with Crippen LogP contribution in [0.3, 0.4) is 0 Å². The van der Waals surface area contributed by atoms with Crippen LogP contribution in [0.25, 0.3) is 0 Å². The Hall–Kier alpha value is -1.26. The van der Waals surface area contributed by atoms with Crippen LogP contribution < -0.4 is 9.47 Å². The van der Waals surface area contributed by atoms with Crippen molar-refractivity contribution in [3.8, 4) is 11.5 Å². The molecule has 1 N–H and O–H groups in total. The lowest BCUT2D eigenvalue weighted by Gasteiger charge is -2.26. The Kier molecular flexibility index (Phi) is 6.82. The van der Waals surface area contributed by atoms with Gasteiger partial charge in [0.05, 0.1) is 20.3 Å². The van der Waals surface area contributed by atoms with E-state index in [0.29, 0.717) is 18.2 Å². The van der Waals surface area contributed by atoms with Gasteiger partial charge in [-0.1, -0.05) is 20.8 Å². The molecule has 0 aromatic heterocycles. The SMILES string of the molecule is CCN(CC(C)C)CC(O)c1ccc(OC)cc1OC. The third kappa shape index (κ3) is 4.69. The molecule has 0 saturated carbocycles. The minimum Gasteiger partial charge on any atom is -0.497 e. The largest absolute Gasteiger partial charge is 0.497 e. The highest BCUT2D eigenvalue weighted by molar-refractivity contribution is 5.42. The number of nitrogens with zero attached hydrogens (tertiary/aromatic N) is 1. The van der Waals surface area contributed by atoms with Gasteiger partial charge in [-0.3, -0.25) is 0 Å². The van der Waals surface area contributed by atoms with Crippen LogP contribution in [0.4, 0.5) is 0 Å². The van der Waals surface area contributed by atoms with Crippen molar-refractivity contribution in [3.05, 3.63) is 23.8 Å². The molecule has 0 bridgehead atoms. The number of aliphatic hydroxyl groups excluding tert-OH is 1. The monoisotopic (exact) mass is 281 g/mol. The van der Waals surface area contributed by atoms with Gasteiger partial charge in [0.1, 0.15) is 11.5 Å². The van der Waals surface area contributed by atoms with Crippen molar-refractivity contribution < 1.29 is 14.6 Å². The van der Waals surface area contributed by atoms with Crippen molar-refractivity contribution >= 4 is 0 Å². The predicted molar refractivity (Wildman–Crippen MR) is 81.5 cm³/mol. The molecule has 0 aliphatic rings. The fraction of sp³-hybridized carbons (Fsp3) is 0.625. The topological polar surface area (TPSA) is 41.9 Å². The Morgan fingerprint density at radius 3 is 2.35 bits per heavy atom. The molecule has 1 rings (SSSR count). The number of hydrogen-bond donors (Lipinski definition) is 1. The van der Waals surface area contributed by atoms with Gasteiger partial charge in [-0.15, -0.1) is 0 Å². The Bertz CT molecular complexity index is 407. The first-order valence-corrected chi connectivity index (χ1v) is 7.14. The van der Waals surface area contributed by atoms with Gasteiger partial charge >= 0.3 is 0 Å². The molecule has 0 radical (unpaired) electrons. The lowest BCUT2D eigenvalue weighted by atomic mass is 10.1. The van der Waals surface area contributed by atoms with Gasteiger partial charge in [-0.2, -0.15) is 0 Å². The Labute approximate surface area is 122 Å². The molecule has 1 unspecified atom stereocenters. The molecule has 114 valence electrons. The summed E-state index contributed by atoms with van der Waals surface area (Å²) in [6.45, 7) is 8.99. The molecule has 0 heterocycles. The fourth-order valence-corrected chi connectivity index (χ4v) is 2.29. The van der Waals surface area contributed by atoms with E-state index in [4.69, 9.17) is 9.47 Å². The summed E-state index contributed by atoms with van der Waals surface area (Å²) in [5.41, 5.74) is 0.801. The van der Waals surface area contributed by atoms with Crippen molar-refractivity contribution in [3.63, 3.8) is 0 Å². The molecule has 0 fully saturated rings. The Balaban J connectivity index is 2.82. The van der Waals surface area contributed by atoms with E-state index in [1.54, 1.807) is 20.3 Å². The second kappa shape index (κ2) is 8.12. The molecule has 20 heavy (non-hydrogen) atoms. The maximum atomic E-state index is 10.4. The Morgan fingerprint density at radius 2 is 1.85 bits per heavy atom. The lowest BCUT2D eigenvalue weighted by Crippen LogP contribution is -2.32. The van der Waals surface area contributed by atoms with Gasteiger partial charge in [0.2, 0.25) is 0 Å². The van der Waals surface area contributed by atoms with Gasteiger partial charge < -0.3 is 19.5 Å². The second-order valence-corrected chi connectivity index (χ2v) is 5.37. The zero-order valence-electron chi connectivity index (χ0n) is 13.2. The smallest absolute Gasteiger partial charge is 0.128 e. The maximum Gasteiger partial charge on any atom is 0.128 e. The number of rotatable bonds is 8. The summed E-state index contributed by atoms with van der Waals surface area (Å²) in [6.07, 6.45) is -0.561. The van der Waals surface area contributed by atoms with Crippen LogP contribution in [-0.4, -0.2) is 43.9 Å². The first kappa shape index (κ1) is 16.8.